The predicted molar refractivity (Wildman–Crippen MR) is 59.5 cm³/mol. The quantitative estimate of drug-likeness (QED) is 0.710. The summed E-state index contributed by atoms with van der Waals surface area (Å²) in [6.07, 6.45) is 3.83. The first kappa shape index (κ1) is 9.99. The molecular weight excluding hydrogens is 210 g/mol. The van der Waals surface area contributed by atoms with Crippen molar-refractivity contribution in [3.05, 3.63) is 53.8 Å². The van der Waals surface area contributed by atoms with Gasteiger partial charge in [0.05, 0.1) is 7.11 Å². The molecule has 0 aliphatic carbocycles. The summed E-state index contributed by atoms with van der Waals surface area (Å²) in [4.78, 5) is 0. The average molecular weight is 221 g/mol. The maximum Gasteiger partial charge on any atom is 0.229 e. The Labute approximate surface area is 93.7 Å². The molecule has 15 heavy (non-hydrogen) atoms. The highest BCUT2D eigenvalue weighted by Gasteiger charge is 2.09. The molecule has 1 aromatic carbocycles. The summed E-state index contributed by atoms with van der Waals surface area (Å²) in [6.45, 7) is 0. The van der Waals surface area contributed by atoms with Gasteiger partial charge in [0.15, 0.2) is 12.4 Å². The lowest BCUT2D eigenvalue weighted by Gasteiger charge is -1.99. The Balaban J connectivity index is 2.42. The van der Waals surface area contributed by atoms with Crippen molar-refractivity contribution >= 4 is 11.6 Å². The van der Waals surface area contributed by atoms with E-state index in [-0.39, 0.29) is 0 Å². The Morgan fingerprint density at radius 1 is 1.07 bits per heavy atom. The second kappa shape index (κ2) is 4.32. The van der Waals surface area contributed by atoms with E-state index in [4.69, 9.17) is 16.3 Å². The van der Waals surface area contributed by atoms with E-state index in [2.05, 4.69) is 0 Å². The molecule has 0 unspecified atom stereocenters. The second-order valence-electron chi connectivity index (χ2n) is 3.10. The fraction of sp³-hybridized carbons (Fsp3) is 0.0833. The highest BCUT2D eigenvalue weighted by molar-refractivity contribution is 6.32. The van der Waals surface area contributed by atoms with E-state index in [0.29, 0.717) is 0 Å². The Morgan fingerprint density at radius 3 is 2.33 bits per heavy atom. The molecule has 0 saturated carbocycles. The van der Waals surface area contributed by atoms with E-state index in [1.54, 1.807) is 7.11 Å². The van der Waals surface area contributed by atoms with E-state index in [0.717, 1.165) is 16.5 Å². The van der Waals surface area contributed by atoms with Crippen LogP contribution in [0.1, 0.15) is 0 Å². The number of benzene rings is 1. The smallest absolute Gasteiger partial charge is 0.229 e. The van der Waals surface area contributed by atoms with Gasteiger partial charge in [-0.2, -0.15) is 4.57 Å². The number of nitrogens with zero attached hydrogens (tertiary/aromatic N) is 1. The molecule has 0 N–H and O–H groups in total. The molecule has 2 nitrogen and oxygen atoms in total. The van der Waals surface area contributed by atoms with Crippen molar-refractivity contribution in [2.75, 3.05) is 7.11 Å². The van der Waals surface area contributed by atoms with Gasteiger partial charge in [-0.3, -0.25) is 0 Å². The van der Waals surface area contributed by atoms with E-state index in [9.17, 15) is 0 Å². The van der Waals surface area contributed by atoms with E-state index in [1.165, 1.54) is 0 Å². The van der Waals surface area contributed by atoms with Gasteiger partial charge in [-0.05, 0) is 6.07 Å². The van der Waals surface area contributed by atoms with Crippen molar-refractivity contribution in [2.24, 2.45) is 0 Å². The van der Waals surface area contributed by atoms with Gasteiger partial charge in [-0.1, -0.05) is 23.7 Å². The summed E-state index contributed by atoms with van der Waals surface area (Å²) in [6, 6.07) is 11.5. The third-order valence-electron chi connectivity index (χ3n) is 2.17. The van der Waals surface area contributed by atoms with Gasteiger partial charge in [-0.25, -0.2) is 0 Å². The zero-order valence-corrected chi connectivity index (χ0v) is 9.11. The third kappa shape index (κ3) is 2.10. The monoisotopic (exact) mass is 220 g/mol. The lowest BCUT2D eigenvalue weighted by molar-refractivity contribution is -0.595. The fourth-order valence-corrected chi connectivity index (χ4v) is 1.60. The number of methoxy groups -OCH3 is 1. The normalized spacial score (nSPS) is 10.0. The van der Waals surface area contributed by atoms with Crippen LogP contribution in [0.25, 0.3) is 5.69 Å². The van der Waals surface area contributed by atoms with E-state index >= 15 is 0 Å². The summed E-state index contributed by atoms with van der Waals surface area (Å²) >= 11 is 6.08. The van der Waals surface area contributed by atoms with Gasteiger partial charge < -0.3 is 4.74 Å². The number of aromatic nitrogens is 1. The molecule has 3 heteroatoms. The number of halogens is 1. The molecule has 0 aliphatic rings. The van der Waals surface area contributed by atoms with Crippen LogP contribution in [0.2, 0.25) is 5.02 Å². The fourth-order valence-electron chi connectivity index (χ4n) is 1.37. The lowest BCUT2D eigenvalue weighted by Crippen LogP contribution is -2.29. The molecule has 0 aliphatic heterocycles. The highest BCUT2D eigenvalue weighted by atomic mass is 35.5. The second-order valence-corrected chi connectivity index (χ2v) is 3.50. The SMILES string of the molecule is COc1cc[n+](-c2ccccc2Cl)cc1. The van der Waals surface area contributed by atoms with Gasteiger partial charge in [0.1, 0.15) is 10.8 Å². The van der Waals surface area contributed by atoms with Crippen molar-refractivity contribution in [1.29, 1.82) is 0 Å². The van der Waals surface area contributed by atoms with Crippen LogP contribution in [0.15, 0.2) is 48.8 Å². The summed E-state index contributed by atoms with van der Waals surface area (Å²) in [5.41, 5.74) is 0.960. The molecule has 0 fully saturated rings. The van der Waals surface area contributed by atoms with Gasteiger partial charge in [0, 0.05) is 18.2 Å². The molecule has 2 aromatic rings. The maximum atomic E-state index is 6.08. The van der Waals surface area contributed by atoms with Crippen molar-refractivity contribution in [3.8, 4) is 11.4 Å². The molecular formula is C12H11ClNO+. The van der Waals surface area contributed by atoms with Gasteiger partial charge in [-0.15, -0.1) is 0 Å². The topological polar surface area (TPSA) is 13.1 Å². The average Bonchev–Trinajstić information content (AvgIpc) is 2.30. The molecule has 0 radical (unpaired) electrons. The predicted octanol–water partition coefficient (Wildman–Crippen LogP) is 2.63. The Morgan fingerprint density at radius 2 is 1.73 bits per heavy atom. The first-order valence-corrected chi connectivity index (χ1v) is 4.99. The Kier molecular flexibility index (Phi) is 2.88. The van der Waals surface area contributed by atoms with Gasteiger partial charge >= 0.3 is 0 Å². The van der Waals surface area contributed by atoms with Crippen LogP contribution in [-0.4, -0.2) is 7.11 Å². The number of hydrogen-bond donors (Lipinski definition) is 0. The van der Waals surface area contributed by atoms with Crippen molar-refractivity contribution < 1.29 is 9.30 Å². The molecule has 1 heterocycles. The van der Waals surface area contributed by atoms with Crippen LogP contribution in [0, 0.1) is 0 Å². The molecule has 1 aromatic heterocycles. The van der Waals surface area contributed by atoms with Crippen LogP contribution in [-0.2, 0) is 0 Å². The van der Waals surface area contributed by atoms with Crippen molar-refractivity contribution in [2.45, 2.75) is 0 Å². The zero-order valence-electron chi connectivity index (χ0n) is 8.35. The minimum absolute atomic E-state index is 0.729. The Bertz CT molecular complexity index is 453. The third-order valence-corrected chi connectivity index (χ3v) is 2.48. The molecule has 0 spiro atoms. The van der Waals surface area contributed by atoms with Crippen LogP contribution < -0.4 is 9.30 Å². The minimum atomic E-state index is 0.729. The molecule has 0 bridgehead atoms. The van der Waals surface area contributed by atoms with Crippen LogP contribution in [0.4, 0.5) is 0 Å². The Hall–Kier alpha value is -1.54. The number of ether oxygens (including phenoxy) is 1. The summed E-state index contributed by atoms with van der Waals surface area (Å²) < 4.78 is 7.04. The summed E-state index contributed by atoms with van der Waals surface area (Å²) in [5.74, 6) is 0.832. The minimum Gasteiger partial charge on any atom is -0.496 e. The maximum absolute atomic E-state index is 6.08. The number of pyridine rings is 1. The molecule has 0 amide bonds. The molecule has 2 rings (SSSR count). The van der Waals surface area contributed by atoms with Gasteiger partial charge in [0.2, 0.25) is 5.69 Å². The highest BCUT2D eigenvalue weighted by Crippen LogP contribution is 2.15. The standard InChI is InChI=1S/C12H11ClNO/c1-15-10-6-8-14(9-7-10)12-5-3-2-4-11(12)13/h2-9H,1H3/q+1. The summed E-state index contributed by atoms with van der Waals surface area (Å²) in [7, 11) is 1.65. The van der Waals surface area contributed by atoms with Crippen molar-refractivity contribution in [1.82, 2.24) is 0 Å². The van der Waals surface area contributed by atoms with E-state index in [1.807, 2.05) is 53.4 Å². The first-order valence-electron chi connectivity index (χ1n) is 4.61. The molecule has 0 saturated heterocycles. The van der Waals surface area contributed by atoms with Crippen molar-refractivity contribution in [3.63, 3.8) is 0 Å². The number of hydrogen-bond acceptors (Lipinski definition) is 1. The van der Waals surface area contributed by atoms with E-state index < -0.39 is 0 Å². The van der Waals surface area contributed by atoms with Crippen LogP contribution in [0.3, 0.4) is 0 Å². The number of para-hydroxylation sites is 1. The molecule has 0 atom stereocenters. The lowest BCUT2D eigenvalue weighted by atomic mass is 10.3. The van der Waals surface area contributed by atoms with Crippen LogP contribution >= 0.6 is 11.6 Å². The zero-order chi connectivity index (χ0) is 10.7. The molecule has 76 valence electrons. The number of rotatable bonds is 2. The van der Waals surface area contributed by atoms with Gasteiger partial charge in [0.25, 0.3) is 0 Å². The first-order chi connectivity index (χ1) is 7.31. The summed E-state index contributed by atoms with van der Waals surface area (Å²) in [5, 5.41) is 0.729. The van der Waals surface area contributed by atoms with Crippen LogP contribution in [0.5, 0.6) is 5.75 Å². The largest absolute Gasteiger partial charge is 0.496 e.